The number of hydrogen-bond acceptors (Lipinski definition) is 1. The van der Waals surface area contributed by atoms with Crippen LogP contribution in [0.15, 0.2) is 170 Å². The van der Waals surface area contributed by atoms with Crippen molar-refractivity contribution in [3.05, 3.63) is 181 Å². The predicted molar refractivity (Wildman–Crippen MR) is 198 cm³/mol. The third-order valence-electron chi connectivity index (χ3n) is 9.98. The van der Waals surface area contributed by atoms with Crippen LogP contribution in [0.4, 0.5) is 17.1 Å². The Bertz CT molecular complexity index is 2390. The van der Waals surface area contributed by atoms with E-state index in [1.807, 2.05) is 0 Å². The molecule has 47 heavy (non-hydrogen) atoms. The lowest BCUT2D eigenvalue weighted by Crippen LogP contribution is -2.15. The maximum absolute atomic E-state index is 2.41. The zero-order valence-electron chi connectivity index (χ0n) is 26.6. The maximum Gasteiger partial charge on any atom is 0.0541 e. The van der Waals surface area contributed by atoms with Crippen LogP contribution in [-0.4, -0.2) is 4.57 Å². The summed E-state index contributed by atoms with van der Waals surface area (Å²) in [5, 5.41) is 2.53. The molecule has 224 valence electrons. The van der Waals surface area contributed by atoms with Gasteiger partial charge in [-0.2, -0.15) is 0 Å². The van der Waals surface area contributed by atoms with Gasteiger partial charge in [0.25, 0.3) is 0 Å². The Balaban J connectivity index is 1.28. The summed E-state index contributed by atoms with van der Waals surface area (Å²) in [5.74, 6) is 0. The SMILES string of the molecule is CC1(C)c2ccccc2-c2c(-c3ccccc3N(c3ccccc3)c3cccc(-n4c5ccccc5c5ccccc54)c3)cccc21. The Morgan fingerprint density at radius 1 is 0.447 bits per heavy atom. The fraction of sp³-hybridized carbons (Fsp3) is 0.0667. The van der Waals surface area contributed by atoms with Crippen LogP contribution in [0.25, 0.3) is 49.7 Å². The average Bonchev–Trinajstić information content (AvgIpc) is 3.58. The molecule has 0 atom stereocenters. The van der Waals surface area contributed by atoms with Gasteiger partial charge in [0.05, 0.1) is 16.7 Å². The van der Waals surface area contributed by atoms with Crippen molar-refractivity contribution in [1.82, 2.24) is 4.57 Å². The van der Waals surface area contributed by atoms with Gasteiger partial charge in [-0.1, -0.05) is 135 Å². The van der Waals surface area contributed by atoms with Crippen LogP contribution in [0.1, 0.15) is 25.0 Å². The smallest absolute Gasteiger partial charge is 0.0541 e. The highest BCUT2D eigenvalue weighted by atomic mass is 15.1. The molecule has 0 N–H and O–H groups in total. The summed E-state index contributed by atoms with van der Waals surface area (Å²) in [4.78, 5) is 2.41. The Morgan fingerprint density at radius 3 is 1.77 bits per heavy atom. The van der Waals surface area contributed by atoms with Gasteiger partial charge in [-0.3, -0.25) is 0 Å². The first-order chi connectivity index (χ1) is 23.1. The Kier molecular flexibility index (Phi) is 6.20. The summed E-state index contributed by atoms with van der Waals surface area (Å²) in [6, 6.07) is 61.8. The van der Waals surface area contributed by atoms with Crippen molar-refractivity contribution < 1.29 is 0 Å². The van der Waals surface area contributed by atoms with Crippen LogP contribution in [0.2, 0.25) is 0 Å². The van der Waals surface area contributed by atoms with Gasteiger partial charge in [-0.05, 0) is 76.3 Å². The monoisotopic (exact) mass is 602 g/mol. The number of anilines is 3. The fourth-order valence-electron chi connectivity index (χ4n) is 7.85. The van der Waals surface area contributed by atoms with Crippen molar-refractivity contribution in [2.24, 2.45) is 0 Å². The molecule has 1 aliphatic carbocycles. The third-order valence-corrected chi connectivity index (χ3v) is 9.98. The van der Waals surface area contributed by atoms with Gasteiger partial charge < -0.3 is 9.47 Å². The van der Waals surface area contributed by atoms with Gasteiger partial charge >= 0.3 is 0 Å². The average molecular weight is 603 g/mol. The van der Waals surface area contributed by atoms with Crippen molar-refractivity contribution in [2.75, 3.05) is 4.90 Å². The van der Waals surface area contributed by atoms with Crippen molar-refractivity contribution in [3.8, 4) is 27.9 Å². The van der Waals surface area contributed by atoms with Crippen LogP contribution in [0.5, 0.6) is 0 Å². The molecule has 0 fully saturated rings. The molecule has 0 aliphatic heterocycles. The van der Waals surface area contributed by atoms with E-state index in [-0.39, 0.29) is 5.41 Å². The highest BCUT2D eigenvalue weighted by Crippen LogP contribution is 2.53. The molecule has 8 aromatic rings. The molecule has 7 aromatic carbocycles. The van der Waals surface area contributed by atoms with Crippen molar-refractivity contribution in [3.63, 3.8) is 0 Å². The largest absolute Gasteiger partial charge is 0.310 e. The normalized spacial score (nSPS) is 13.1. The first-order valence-corrected chi connectivity index (χ1v) is 16.4. The minimum Gasteiger partial charge on any atom is -0.310 e. The third kappa shape index (κ3) is 4.18. The number of rotatable bonds is 5. The van der Waals surface area contributed by atoms with Gasteiger partial charge in [-0.25, -0.2) is 0 Å². The number of benzene rings is 7. The second-order valence-electron chi connectivity index (χ2n) is 13.0. The summed E-state index contributed by atoms with van der Waals surface area (Å²) in [6.07, 6.45) is 0. The second kappa shape index (κ2) is 10.6. The molecule has 0 saturated heterocycles. The fourth-order valence-corrected chi connectivity index (χ4v) is 7.85. The van der Waals surface area contributed by atoms with Gasteiger partial charge in [-0.15, -0.1) is 0 Å². The molecule has 1 aromatic heterocycles. The molecule has 1 aliphatic rings. The van der Waals surface area contributed by atoms with Crippen LogP contribution in [-0.2, 0) is 5.41 Å². The molecule has 0 bridgehead atoms. The Labute approximate surface area is 275 Å². The minimum absolute atomic E-state index is 0.0629. The van der Waals surface area contributed by atoms with Crippen LogP contribution < -0.4 is 4.90 Å². The molecular weight excluding hydrogens is 569 g/mol. The lowest BCUT2D eigenvalue weighted by Gasteiger charge is -2.29. The zero-order chi connectivity index (χ0) is 31.5. The quantitative estimate of drug-likeness (QED) is 0.190. The van der Waals surface area contributed by atoms with E-state index < -0.39 is 0 Å². The molecule has 0 spiro atoms. The first-order valence-electron chi connectivity index (χ1n) is 16.4. The molecule has 1 heterocycles. The van der Waals surface area contributed by atoms with E-state index in [0.717, 1.165) is 22.7 Å². The summed E-state index contributed by atoms with van der Waals surface area (Å²) in [7, 11) is 0. The molecule has 9 rings (SSSR count). The highest BCUT2D eigenvalue weighted by Gasteiger charge is 2.37. The first kappa shape index (κ1) is 27.5. The van der Waals surface area contributed by atoms with E-state index in [9.17, 15) is 0 Å². The van der Waals surface area contributed by atoms with Gasteiger partial charge in [0.2, 0.25) is 0 Å². The summed E-state index contributed by atoms with van der Waals surface area (Å²) >= 11 is 0. The van der Waals surface area contributed by atoms with Gasteiger partial charge in [0, 0.05) is 38.8 Å². The van der Waals surface area contributed by atoms with Crippen molar-refractivity contribution in [1.29, 1.82) is 0 Å². The second-order valence-corrected chi connectivity index (χ2v) is 13.0. The summed E-state index contributed by atoms with van der Waals surface area (Å²) < 4.78 is 2.40. The lowest BCUT2D eigenvalue weighted by atomic mass is 9.82. The van der Waals surface area contributed by atoms with E-state index in [2.05, 4.69) is 193 Å². The molecule has 0 saturated carbocycles. The van der Waals surface area contributed by atoms with E-state index >= 15 is 0 Å². The molecule has 2 nitrogen and oxygen atoms in total. The maximum atomic E-state index is 2.41. The molecule has 0 unspecified atom stereocenters. The number of nitrogens with zero attached hydrogens (tertiary/aromatic N) is 2. The van der Waals surface area contributed by atoms with E-state index in [4.69, 9.17) is 0 Å². The van der Waals surface area contributed by atoms with E-state index in [1.54, 1.807) is 0 Å². The van der Waals surface area contributed by atoms with Crippen molar-refractivity contribution in [2.45, 2.75) is 19.3 Å². The van der Waals surface area contributed by atoms with Crippen LogP contribution in [0.3, 0.4) is 0 Å². The topological polar surface area (TPSA) is 8.17 Å². The zero-order valence-corrected chi connectivity index (χ0v) is 26.6. The van der Waals surface area contributed by atoms with E-state index in [1.165, 1.54) is 55.2 Å². The molecule has 0 radical (unpaired) electrons. The molecular formula is C45H34N2. The lowest BCUT2D eigenvalue weighted by molar-refractivity contribution is 0.660. The van der Waals surface area contributed by atoms with Gasteiger partial charge in [0.1, 0.15) is 0 Å². The predicted octanol–water partition coefficient (Wildman–Crippen LogP) is 12.2. The Morgan fingerprint density at radius 2 is 1.00 bits per heavy atom. The van der Waals surface area contributed by atoms with E-state index in [0.29, 0.717) is 0 Å². The highest BCUT2D eigenvalue weighted by molar-refractivity contribution is 6.09. The van der Waals surface area contributed by atoms with Gasteiger partial charge in [0.15, 0.2) is 0 Å². The Hall–Kier alpha value is -5.86. The number of para-hydroxylation sites is 4. The summed E-state index contributed by atoms with van der Waals surface area (Å²) in [5.41, 5.74) is 14.8. The summed E-state index contributed by atoms with van der Waals surface area (Å²) in [6.45, 7) is 4.70. The van der Waals surface area contributed by atoms with Crippen LogP contribution >= 0.6 is 0 Å². The number of fused-ring (bicyclic) bond motifs is 6. The standard InChI is InChI=1S/C45H34N2/c1-45(2)39-25-10-6-23-38(39)44-37(24-15-26-40(44)45)36-22-9-11-27-41(36)46(31-16-4-3-5-17-31)32-18-14-19-33(30-32)47-42-28-12-7-20-34(42)35-21-8-13-29-43(35)47/h3-30H,1-2H3. The molecule has 2 heteroatoms. The number of aromatic nitrogens is 1. The number of hydrogen-bond donors (Lipinski definition) is 0. The van der Waals surface area contributed by atoms with Crippen molar-refractivity contribution >= 4 is 38.9 Å². The minimum atomic E-state index is -0.0629. The molecule has 0 amide bonds. The van der Waals surface area contributed by atoms with Crippen LogP contribution in [0, 0.1) is 0 Å².